The monoisotopic (exact) mass is 369 g/mol. The van der Waals surface area contributed by atoms with Crippen LogP contribution in [0.1, 0.15) is 37.9 Å². The van der Waals surface area contributed by atoms with Crippen molar-refractivity contribution >= 4 is 22.6 Å². The summed E-state index contributed by atoms with van der Waals surface area (Å²) in [6.45, 7) is 0. The third kappa shape index (κ3) is 2.67. The normalized spacial score (nSPS) is 18.4. The number of hydrogen-bond donors (Lipinski definition) is 1. The number of nitrogens with two attached hydrogens (primary N) is 1. The molecule has 2 aromatic rings. The minimum absolute atomic E-state index is 0.400. The summed E-state index contributed by atoms with van der Waals surface area (Å²) in [4.78, 5) is 4.50. The second kappa shape index (κ2) is 5.20. The molecule has 0 bridgehead atoms. The maximum absolute atomic E-state index is 6.41. The molecule has 0 aliphatic heterocycles. The molecular formula is C14H16IN3O. The lowest BCUT2D eigenvalue weighted by molar-refractivity contribution is 0.275. The van der Waals surface area contributed by atoms with Gasteiger partial charge in [-0.15, -0.1) is 0 Å². The number of hydrogen-bond acceptors (Lipinski definition) is 4. The van der Waals surface area contributed by atoms with Crippen molar-refractivity contribution in [3.05, 3.63) is 33.7 Å². The van der Waals surface area contributed by atoms with Crippen LogP contribution in [-0.2, 0) is 5.54 Å². The average Bonchev–Trinajstić information content (AvgIpc) is 2.91. The van der Waals surface area contributed by atoms with Gasteiger partial charge in [-0.3, -0.25) is 0 Å². The van der Waals surface area contributed by atoms with Gasteiger partial charge in [0, 0.05) is 9.13 Å². The number of rotatable bonds is 2. The Morgan fingerprint density at radius 3 is 2.47 bits per heavy atom. The lowest BCUT2D eigenvalue weighted by Crippen LogP contribution is -2.39. The van der Waals surface area contributed by atoms with E-state index in [1.54, 1.807) is 0 Å². The standard InChI is InChI=1S/C14H16IN3O/c15-11-6-4-10(5-7-11)12-17-13(18-19-12)14(16)8-2-1-3-9-14/h4-7H,1-3,8-9,16H2. The van der Waals surface area contributed by atoms with E-state index in [0.717, 1.165) is 31.2 Å². The topological polar surface area (TPSA) is 64.9 Å². The lowest BCUT2D eigenvalue weighted by atomic mass is 9.82. The Hall–Kier alpha value is -0.950. The zero-order chi connectivity index (χ0) is 13.3. The van der Waals surface area contributed by atoms with E-state index in [-0.39, 0.29) is 0 Å². The first-order valence-corrected chi connectivity index (χ1v) is 7.64. The van der Waals surface area contributed by atoms with Gasteiger partial charge >= 0.3 is 0 Å². The molecule has 4 nitrogen and oxygen atoms in total. The summed E-state index contributed by atoms with van der Waals surface area (Å²) in [5, 5.41) is 4.10. The molecule has 0 spiro atoms. The first-order chi connectivity index (χ1) is 9.17. The fourth-order valence-corrected chi connectivity index (χ4v) is 2.90. The van der Waals surface area contributed by atoms with E-state index >= 15 is 0 Å². The van der Waals surface area contributed by atoms with Crippen molar-refractivity contribution in [1.29, 1.82) is 0 Å². The molecule has 5 heteroatoms. The molecule has 0 unspecified atom stereocenters. The van der Waals surface area contributed by atoms with Crippen molar-refractivity contribution in [2.75, 3.05) is 0 Å². The second-order valence-corrected chi connectivity index (χ2v) is 6.39. The molecule has 1 aromatic heterocycles. The maximum atomic E-state index is 6.41. The molecule has 1 heterocycles. The van der Waals surface area contributed by atoms with Gasteiger partial charge in [0.1, 0.15) is 0 Å². The highest BCUT2D eigenvalue weighted by molar-refractivity contribution is 14.1. The van der Waals surface area contributed by atoms with E-state index in [4.69, 9.17) is 10.3 Å². The Kier molecular flexibility index (Phi) is 3.58. The van der Waals surface area contributed by atoms with Crippen LogP contribution in [0.4, 0.5) is 0 Å². The van der Waals surface area contributed by atoms with Crippen LogP contribution in [0.15, 0.2) is 28.8 Å². The Bertz CT molecular complexity index is 558. The molecule has 1 saturated carbocycles. The van der Waals surface area contributed by atoms with E-state index in [1.807, 2.05) is 24.3 Å². The fourth-order valence-electron chi connectivity index (χ4n) is 2.54. The molecule has 1 aliphatic carbocycles. The molecule has 0 radical (unpaired) electrons. The van der Waals surface area contributed by atoms with Crippen molar-refractivity contribution in [1.82, 2.24) is 10.1 Å². The molecule has 1 fully saturated rings. The van der Waals surface area contributed by atoms with Crippen molar-refractivity contribution < 1.29 is 4.52 Å². The quantitative estimate of drug-likeness (QED) is 0.824. The highest BCUT2D eigenvalue weighted by atomic mass is 127. The highest BCUT2D eigenvalue weighted by Crippen LogP contribution is 2.34. The van der Waals surface area contributed by atoms with Crippen molar-refractivity contribution in [2.24, 2.45) is 5.73 Å². The minimum atomic E-state index is -0.400. The third-order valence-corrected chi connectivity index (χ3v) is 4.43. The van der Waals surface area contributed by atoms with E-state index < -0.39 is 5.54 Å². The number of aromatic nitrogens is 2. The summed E-state index contributed by atoms with van der Waals surface area (Å²) >= 11 is 2.27. The zero-order valence-corrected chi connectivity index (χ0v) is 12.8. The number of nitrogens with zero attached hydrogens (tertiary/aromatic N) is 2. The summed E-state index contributed by atoms with van der Waals surface area (Å²) in [5.41, 5.74) is 6.95. The fraction of sp³-hybridized carbons (Fsp3) is 0.429. The van der Waals surface area contributed by atoms with Gasteiger partial charge in [-0.2, -0.15) is 4.98 Å². The van der Waals surface area contributed by atoms with Crippen LogP contribution in [0.2, 0.25) is 0 Å². The van der Waals surface area contributed by atoms with Gasteiger partial charge in [0.05, 0.1) is 5.54 Å². The van der Waals surface area contributed by atoms with E-state index in [1.165, 1.54) is 9.99 Å². The van der Waals surface area contributed by atoms with Gasteiger partial charge in [-0.05, 0) is 59.7 Å². The van der Waals surface area contributed by atoms with Crippen LogP contribution in [0, 0.1) is 3.57 Å². The van der Waals surface area contributed by atoms with Gasteiger partial charge in [0.25, 0.3) is 5.89 Å². The first kappa shape index (κ1) is 13.1. The summed E-state index contributed by atoms with van der Waals surface area (Å²) in [5.74, 6) is 1.21. The van der Waals surface area contributed by atoms with Crippen LogP contribution >= 0.6 is 22.6 Å². The smallest absolute Gasteiger partial charge is 0.257 e. The Morgan fingerprint density at radius 2 is 1.79 bits per heavy atom. The van der Waals surface area contributed by atoms with E-state index in [2.05, 4.69) is 32.7 Å². The van der Waals surface area contributed by atoms with Crippen LogP contribution in [0.25, 0.3) is 11.5 Å². The van der Waals surface area contributed by atoms with Crippen LogP contribution < -0.4 is 5.73 Å². The molecule has 19 heavy (non-hydrogen) atoms. The van der Waals surface area contributed by atoms with Gasteiger partial charge in [0.15, 0.2) is 5.82 Å². The Morgan fingerprint density at radius 1 is 1.11 bits per heavy atom. The molecule has 1 aliphatic rings. The highest BCUT2D eigenvalue weighted by Gasteiger charge is 2.34. The minimum Gasteiger partial charge on any atom is -0.334 e. The van der Waals surface area contributed by atoms with Crippen molar-refractivity contribution in [3.63, 3.8) is 0 Å². The predicted octanol–water partition coefficient (Wildman–Crippen LogP) is 3.46. The van der Waals surface area contributed by atoms with Crippen LogP contribution in [0.3, 0.4) is 0 Å². The lowest BCUT2D eigenvalue weighted by Gasteiger charge is -2.29. The number of benzene rings is 1. The molecule has 0 saturated heterocycles. The Balaban J connectivity index is 1.88. The molecule has 0 amide bonds. The Labute approximate surface area is 125 Å². The zero-order valence-electron chi connectivity index (χ0n) is 10.6. The summed E-state index contributed by atoms with van der Waals surface area (Å²) in [7, 11) is 0. The summed E-state index contributed by atoms with van der Waals surface area (Å²) in [6.07, 6.45) is 5.42. The van der Waals surface area contributed by atoms with E-state index in [0.29, 0.717) is 11.7 Å². The van der Waals surface area contributed by atoms with Gasteiger partial charge in [0.2, 0.25) is 0 Å². The van der Waals surface area contributed by atoms with Crippen LogP contribution in [-0.4, -0.2) is 10.1 Å². The SMILES string of the molecule is NC1(c2noc(-c3ccc(I)cc3)n2)CCCCC1. The predicted molar refractivity (Wildman–Crippen MR) is 81.4 cm³/mol. The van der Waals surface area contributed by atoms with Gasteiger partial charge < -0.3 is 10.3 Å². The molecule has 3 rings (SSSR count). The molecule has 1 aromatic carbocycles. The number of halogens is 1. The van der Waals surface area contributed by atoms with Crippen LogP contribution in [0.5, 0.6) is 0 Å². The largest absolute Gasteiger partial charge is 0.334 e. The van der Waals surface area contributed by atoms with Gasteiger partial charge in [-0.1, -0.05) is 24.4 Å². The molecule has 2 N–H and O–H groups in total. The second-order valence-electron chi connectivity index (χ2n) is 5.15. The van der Waals surface area contributed by atoms with E-state index in [9.17, 15) is 0 Å². The molecule has 0 atom stereocenters. The first-order valence-electron chi connectivity index (χ1n) is 6.56. The average molecular weight is 369 g/mol. The summed E-state index contributed by atoms with van der Waals surface area (Å²) < 4.78 is 6.55. The third-order valence-electron chi connectivity index (χ3n) is 3.71. The maximum Gasteiger partial charge on any atom is 0.257 e. The van der Waals surface area contributed by atoms with Crippen molar-refractivity contribution in [2.45, 2.75) is 37.6 Å². The molecular weight excluding hydrogens is 353 g/mol. The molecule has 100 valence electrons. The van der Waals surface area contributed by atoms with Crippen molar-refractivity contribution in [3.8, 4) is 11.5 Å². The van der Waals surface area contributed by atoms with Gasteiger partial charge in [-0.25, -0.2) is 0 Å². The summed E-state index contributed by atoms with van der Waals surface area (Å²) in [6, 6.07) is 8.03.